The molecular formula is C15H16Cl2N2O2. The van der Waals surface area contributed by atoms with Crippen molar-refractivity contribution in [2.45, 2.75) is 19.8 Å². The third-order valence-electron chi connectivity index (χ3n) is 3.05. The van der Waals surface area contributed by atoms with Crippen molar-refractivity contribution in [2.24, 2.45) is 7.05 Å². The molecule has 0 saturated heterocycles. The lowest BCUT2D eigenvalue weighted by atomic mass is 10.1. The number of nitrogens with two attached hydrogens (primary N) is 1. The molecule has 0 bridgehead atoms. The molecule has 0 aliphatic carbocycles. The highest BCUT2D eigenvalue weighted by molar-refractivity contribution is 6.37. The van der Waals surface area contributed by atoms with Crippen molar-refractivity contribution in [3.8, 4) is 11.5 Å². The second kappa shape index (κ2) is 6.00. The number of anilines is 1. The van der Waals surface area contributed by atoms with Crippen molar-refractivity contribution in [2.75, 3.05) is 5.73 Å². The summed E-state index contributed by atoms with van der Waals surface area (Å²) in [5, 5.41) is 0.639. The van der Waals surface area contributed by atoms with E-state index in [-0.39, 0.29) is 11.5 Å². The zero-order valence-electron chi connectivity index (χ0n) is 12.0. The molecule has 6 heteroatoms. The Bertz CT molecular complexity index is 716. The molecule has 2 rings (SSSR count). The van der Waals surface area contributed by atoms with Gasteiger partial charge in [0.15, 0.2) is 5.75 Å². The van der Waals surface area contributed by atoms with E-state index in [2.05, 4.69) is 0 Å². The molecule has 112 valence electrons. The fourth-order valence-corrected chi connectivity index (χ4v) is 2.55. The molecular weight excluding hydrogens is 311 g/mol. The monoisotopic (exact) mass is 326 g/mol. The van der Waals surface area contributed by atoms with Gasteiger partial charge in [0.2, 0.25) is 0 Å². The third-order valence-corrected chi connectivity index (χ3v) is 3.61. The van der Waals surface area contributed by atoms with E-state index in [9.17, 15) is 4.79 Å². The number of benzene rings is 1. The van der Waals surface area contributed by atoms with E-state index >= 15 is 0 Å². The van der Waals surface area contributed by atoms with E-state index in [1.165, 1.54) is 4.57 Å². The van der Waals surface area contributed by atoms with Crippen LogP contribution in [0.15, 0.2) is 29.2 Å². The van der Waals surface area contributed by atoms with E-state index in [4.69, 9.17) is 33.7 Å². The Kier molecular flexibility index (Phi) is 4.49. The van der Waals surface area contributed by atoms with Crippen LogP contribution in [0.1, 0.15) is 25.3 Å². The molecule has 1 aromatic carbocycles. The minimum absolute atomic E-state index is 0.0492. The van der Waals surface area contributed by atoms with Crippen LogP contribution in [0, 0.1) is 0 Å². The molecule has 4 nitrogen and oxygen atoms in total. The van der Waals surface area contributed by atoms with Crippen molar-refractivity contribution in [3.05, 3.63) is 50.4 Å². The highest BCUT2D eigenvalue weighted by Gasteiger charge is 2.13. The highest BCUT2D eigenvalue weighted by Crippen LogP contribution is 2.38. The summed E-state index contributed by atoms with van der Waals surface area (Å²) in [5.41, 5.74) is 6.73. The smallest absolute Gasteiger partial charge is 0.253 e. The summed E-state index contributed by atoms with van der Waals surface area (Å²) < 4.78 is 7.22. The van der Waals surface area contributed by atoms with Gasteiger partial charge < -0.3 is 15.0 Å². The highest BCUT2D eigenvalue weighted by atomic mass is 35.5. The maximum atomic E-state index is 12.0. The first kappa shape index (κ1) is 15.7. The number of aromatic nitrogens is 1. The number of halogens is 2. The van der Waals surface area contributed by atoms with Gasteiger partial charge in [-0.05, 0) is 24.1 Å². The van der Waals surface area contributed by atoms with Gasteiger partial charge in [0.25, 0.3) is 5.56 Å². The van der Waals surface area contributed by atoms with Crippen molar-refractivity contribution >= 4 is 28.9 Å². The zero-order valence-corrected chi connectivity index (χ0v) is 13.5. The maximum Gasteiger partial charge on any atom is 0.253 e. The van der Waals surface area contributed by atoms with Crippen LogP contribution in [0.4, 0.5) is 5.69 Å². The molecule has 1 aromatic heterocycles. The van der Waals surface area contributed by atoms with E-state index < -0.39 is 0 Å². The van der Waals surface area contributed by atoms with E-state index in [1.807, 2.05) is 13.8 Å². The third kappa shape index (κ3) is 3.34. The first-order valence-electron chi connectivity index (χ1n) is 6.42. The average molecular weight is 327 g/mol. The van der Waals surface area contributed by atoms with Crippen LogP contribution in [-0.4, -0.2) is 4.57 Å². The standard InChI is InChI=1S/C15H16Cl2N2O2/c1-8(2)11-6-10(7-19(3)15(11)20)21-14-12(16)4-9(18)5-13(14)17/h4-8H,18H2,1-3H3. The molecule has 0 amide bonds. The summed E-state index contributed by atoms with van der Waals surface area (Å²) in [7, 11) is 1.67. The molecule has 0 spiro atoms. The Morgan fingerprint density at radius 2 is 1.76 bits per heavy atom. The Morgan fingerprint density at radius 3 is 2.29 bits per heavy atom. The lowest BCUT2D eigenvalue weighted by Gasteiger charge is -2.14. The van der Waals surface area contributed by atoms with Crippen LogP contribution in [0.3, 0.4) is 0 Å². The van der Waals surface area contributed by atoms with Crippen LogP contribution < -0.4 is 16.0 Å². The molecule has 2 aromatic rings. The second-order valence-electron chi connectivity index (χ2n) is 5.12. The van der Waals surface area contributed by atoms with Gasteiger partial charge in [0.05, 0.1) is 10.0 Å². The number of nitrogens with zero attached hydrogens (tertiary/aromatic N) is 1. The Balaban J connectivity index is 2.48. The number of pyridine rings is 1. The Morgan fingerprint density at radius 1 is 1.19 bits per heavy atom. The zero-order chi connectivity index (χ0) is 15.7. The molecule has 0 atom stereocenters. The molecule has 21 heavy (non-hydrogen) atoms. The Hall–Kier alpha value is -1.65. The van der Waals surface area contributed by atoms with E-state index in [0.29, 0.717) is 32.8 Å². The van der Waals surface area contributed by atoms with E-state index in [1.54, 1.807) is 31.4 Å². The summed E-state index contributed by atoms with van der Waals surface area (Å²) in [6, 6.07) is 4.83. The molecule has 0 saturated carbocycles. The van der Waals surface area contributed by atoms with Gasteiger partial charge in [0, 0.05) is 24.5 Å². The van der Waals surface area contributed by atoms with Crippen LogP contribution in [-0.2, 0) is 7.05 Å². The van der Waals surface area contributed by atoms with Crippen LogP contribution in [0.2, 0.25) is 10.0 Å². The molecule has 0 aliphatic rings. The van der Waals surface area contributed by atoms with Gasteiger partial charge in [-0.2, -0.15) is 0 Å². The number of aryl methyl sites for hydroxylation is 1. The lowest BCUT2D eigenvalue weighted by molar-refractivity contribution is 0.474. The minimum atomic E-state index is -0.0492. The van der Waals surface area contributed by atoms with Crippen molar-refractivity contribution in [3.63, 3.8) is 0 Å². The fourth-order valence-electron chi connectivity index (χ4n) is 1.97. The Labute approximate surface area is 133 Å². The molecule has 0 fully saturated rings. The lowest BCUT2D eigenvalue weighted by Crippen LogP contribution is -2.21. The predicted octanol–water partition coefficient (Wildman–Crippen LogP) is 4.19. The van der Waals surface area contributed by atoms with Gasteiger partial charge in [-0.15, -0.1) is 0 Å². The molecule has 1 heterocycles. The van der Waals surface area contributed by atoms with Gasteiger partial charge >= 0.3 is 0 Å². The summed E-state index contributed by atoms with van der Waals surface area (Å²) >= 11 is 12.2. The maximum absolute atomic E-state index is 12.0. The summed E-state index contributed by atoms with van der Waals surface area (Å²) in [6.45, 7) is 3.90. The van der Waals surface area contributed by atoms with E-state index in [0.717, 1.165) is 0 Å². The SMILES string of the molecule is CC(C)c1cc(Oc2c(Cl)cc(N)cc2Cl)cn(C)c1=O. The van der Waals surface area contributed by atoms with Gasteiger partial charge in [0.1, 0.15) is 5.75 Å². The quantitative estimate of drug-likeness (QED) is 0.860. The number of nitrogen functional groups attached to an aromatic ring is 1. The fraction of sp³-hybridized carbons (Fsp3) is 0.267. The first-order chi connectivity index (χ1) is 9.79. The predicted molar refractivity (Wildman–Crippen MR) is 86.7 cm³/mol. The largest absolute Gasteiger partial charge is 0.453 e. The number of rotatable bonds is 3. The molecule has 0 aliphatic heterocycles. The number of hydrogen-bond donors (Lipinski definition) is 1. The van der Waals surface area contributed by atoms with Gasteiger partial charge in [-0.3, -0.25) is 4.79 Å². The summed E-state index contributed by atoms with van der Waals surface area (Å²) in [4.78, 5) is 12.0. The number of ether oxygens (including phenoxy) is 1. The van der Waals surface area contributed by atoms with Gasteiger partial charge in [-0.1, -0.05) is 37.0 Å². The molecule has 2 N–H and O–H groups in total. The van der Waals surface area contributed by atoms with Crippen LogP contribution >= 0.6 is 23.2 Å². The van der Waals surface area contributed by atoms with Crippen molar-refractivity contribution in [1.29, 1.82) is 0 Å². The summed E-state index contributed by atoms with van der Waals surface area (Å²) in [6.07, 6.45) is 1.59. The normalized spacial score (nSPS) is 11.0. The topological polar surface area (TPSA) is 57.2 Å². The van der Waals surface area contributed by atoms with Crippen molar-refractivity contribution < 1.29 is 4.74 Å². The van der Waals surface area contributed by atoms with Crippen LogP contribution in [0.25, 0.3) is 0 Å². The minimum Gasteiger partial charge on any atom is -0.453 e. The summed E-state index contributed by atoms with van der Waals surface area (Å²) in [5.74, 6) is 0.903. The molecule has 0 radical (unpaired) electrons. The van der Waals surface area contributed by atoms with Crippen LogP contribution in [0.5, 0.6) is 11.5 Å². The van der Waals surface area contributed by atoms with Crippen molar-refractivity contribution in [1.82, 2.24) is 4.57 Å². The number of hydrogen-bond acceptors (Lipinski definition) is 3. The first-order valence-corrected chi connectivity index (χ1v) is 7.18. The average Bonchev–Trinajstić information content (AvgIpc) is 2.37. The second-order valence-corrected chi connectivity index (χ2v) is 5.93. The molecule has 0 unspecified atom stereocenters. The van der Waals surface area contributed by atoms with Gasteiger partial charge in [-0.25, -0.2) is 0 Å².